The average molecular weight is 346 g/mol. The van der Waals surface area contributed by atoms with Crippen molar-refractivity contribution in [2.45, 2.75) is 40.0 Å². The lowest BCUT2D eigenvalue weighted by Gasteiger charge is -2.35. The van der Waals surface area contributed by atoms with E-state index in [2.05, 4.69) is 20.8 Å². The molecule has 1 saturated heterocycles. The van der Waals surface area contributed by atoms with E-state index < -0.39 is 0 Å². The van der Waals surface area contributed by atoms with Gasteiger partial charge in [-0.05, 0) is 23.6 Å². The Hall–Kier alpha value is -2.04. The molecule has 0 aliphatic carbocycles. The number of piperazine rings is 1. The van der Waals surface area contributed by atoms with Gasteiger partial charge in [0.25, 0.3) is 5.91 Å². The van der Waals surface area contributed by atoms with Crippen molar-refractivity contribution in [2.24, 2.45) is 5.92 Å². The van der Waals surface area contributed by atoms with Crippen LogP contribution in [0.3, 0.4) is 0 Å². The van der Waals surface area contributed by atoms with Crippen LogP contribution in [0, 0.1) is 5.92 Å². The Balaban J connectivity index is 2.13. The highest BCUT2D eigenvalue weighted by Crippen LogP contribution is 2.32. The molecule has 0 unspecified atom stereocenters. The van der Waals surface area contributed by atoms with Crippen molar-refractivity contribution >= 4 is 11.8 Å². The first-order chi connectivity index (χ1) is 11.6. The van der Waals surface area contributed by atoms with E-state index in [1.807, 2.05) is 41.8 Å². The molecule has 0 bridgehead atoms. The van der Waals surface area contributed by atoms with Gasteiger partial charge in [0.1, 0.15) is 5.75 Å². The predicted molar refractivity (Wildman–Crippen MR) is 99.0 cm³/mol. The highest BCUT2D eigenvalue weighted by molar-refractivity contribution is 5.95. The summed E-state index contributed by atoms with van der Waals surface area (Å²) < 4.78 is 5.45. The standard InChI is InChI=1S/C20H30N2O3/c1-14(2)18(23)21-9-11-22(12-10-21)19(24)15-7-8-17(25-6)16(13-15)20(3,4)5/h7-8,13-14H,9-12H2,1-6H3. The van der Waals surface area contributed by atoms with Crippen LogP contribution in [0.2, 0.25) is 0 Å². The molecule has 0 radical (unpaired) electrons. The molecule has 2 rings (SSSR count). The van der Waals surface area contributed by atoms with Crippen LogP contribution in [0.4, 0.5) is 0 Å². The van der Waals surface area contributed by atoms with Crippen molar-refractivity contribution in [1.82, 2.24) is 9.80 Å². The average Bonchev–Trinajstić information content (AvgIpc) is 2.59. The molecule has 25 heavy (non-hydrogen) atoms. The summed E-state index contributed by atoms with van der Waals surface area (Å²) in [6.07, 6.45) is 0. The second kappa shape index (κ2) is 7.46. The molecule has 138 valence electrons. The van der Waals surface area contributed by atoms with E-state index in [9.17, 15) is 9.59 Å². The third-order valence-corrected chi connectivity index (χ3v) is 4.63. The highest BCUT2D eigenvalue weighted by Gasteiger charge is 2.27. The van der Waals surface area contributed by atoms with Gasteiger partial charge in [-0.3, -0.25) is 9.59 Å². The number of amides is 2. The van der Waals surface area contributed by atoms with Gasteiger partial charge < -0.3 is 14.5 Å². The first-order valence-corrected chi connectivity index (χ1v) is 8.91. The number of carbonyl (C=O) groups is 2. The minimum absolute atomic E-state index is 0.00168. The molecule has 0 N–H and O–H groups in total. The van der Waals surface area contributed by atoms with Crippen LogP contribution in [-0.4, -0.2) is 54.9 Å². The summed E-state index contributed by atoms with van der Waals surface area (Å²) in [5.74, 6) is 0.978. The fourth-order valence-corrected chi connectivity index (χ4v) is 3.10. The number of ether oxygens (including phenoxy) is 1. The SMILES string of the molecule is COc1ccc(C(=O)N2CCN(C(=O)C(C)C)CC2)cc1C(C)(C)C. The molecule has 0 aromatic heterocycles. The molecule has 0 spiro atoms. The predicted octanol–water partition coefficient (Wildman–Crippen LogP) is 2.93. The topological polar surface area (TPSA) is 49.9 Å². The molecule has 1 aliphatic rings. The van der Waals surface area contributed by atoms with E-state index in [0.717, 1.165) is 11.3 Å². The van der Waals surface area contributed by atoms with Gasteiger partial charge in [0.15, 0.2) is 0 Å². The lowest BCUT2D eigenvalue weighted by molar-refractivity contribution is -0.135. The molecule has 2 amide bonds. The molecule has 5 nitrogen and oxygen atoms in total. The van der Waals surface area contributed by atoms with Gasteiger partial charge >= 0.3 is 0 Å². The van der Waals surface area contributed by atoms with Gasteiger partial charge in [-0.2, -0.15) is 0 Å². The van der Waals surface area contributed by atoms with Crippen LogP contribution in [0.15, 0.2) is 18.2 Å². The fourth-order valence-electron chi connectivity index (χ4n) is 3.10. The molecule has 1 aromatic carbocycles. The molecule has 1 aromatic rings. The zero-order valence-electron chi connectivity index (χ0n) is 16.3. The number of rotatable bonds is 3. The summed E-state index contributed by atoms with van der Waals surface area (Å²) in [4.78, 5) is 28.6. The number of carbonyl (C=O) groups excluding carboxylic acids is 2. The van der Waals surface area contributed by atoms with Crippen LogP contribution in [-0.2, 0) is 10.2 Å². The zero-order chi connectivity index (χ0) is 18.8. The summed E-state index contributed by atoms with van der Waals surface area (Å²) >= 11 is 0. The summed E-state index contributed by atoms with van der Waals surface area (Å²) in [7, 11) is 1.65. The van der Waals surface area contributed by atoms with Gasteiger partial charge in [0.05, 0.1) is 7.11 Å². The van der Waals surface area contributed by atoms with E-state index in [-0.39, 0.29) is 23.1 Å². The minimum Gasteiger partial charge on any atom is -0.496 e. The minimum atomic E-state index is -0.107. The van der Waals surface area contributed by atoms with Crippen molar-refractivity contribution in [1.29, 1.82) is 0 Å². The number of nitrogens with zero attached hydrogens (tertiary/aromatic N) is 2. The van der Waals surface area contributed by atoms with Crippen molar-refractivity contribution < 1.29 is 14.3 Å². The molecule has 0 atom stereocenters. The Kier molecular flexibility index (Phi) is 5.76. The monoisotopic (exact) mass is 346 g/mol. The van der Waals surface area contributed by atoms with Crippen molar-refractivity contribution in [3.05, 3.63) is 29.3 Å². The molecular formula is C20H30N2O3. The first-order valence-electron chi connectivity index (χ1n) is 8.91. The number of benzene rings is 1. The summed E-state index contributed by atoms with van der Waals surface area (Å²) in [5, 5.41) is 0. The number of hydrogen-bond donors (Lipinski definition) is 0. The third kappa shape index (κ3) is 4.33. The lowest BCUT2D eigenvalue weighted by atomic mass is 9.85. The molecule has 1 fully saturated rings. The normalized spacial score (nSPS) is 15.5. The maximum atomic E-state index is 12.9. The molecule has 0 saturated carbocycles. The Morgan fingerprint density at radius 1 is 1.04 bits per heavy atom. The number of methoxy groups -OCH3 is 1. The largest absolute Gasteiger partial charge is 0.496 e. The molecule has 1 aliphatic heterocycles. The van der Waals surface area contributed by atoms with Crippen LogP contribution in [0.5, 0.6) is 5.75 Å². The zero-order valence-corrected chi connectivity index (χ0v) is 16.3. The fraction of sp³-hybridized carbons (Fsp3) is 0.600. The molecular weight excluding hydrogens is 316 g/mol. The molecule has 1 heterocycles. The Labute approximate surface area is 150 Å². The summed E-state index contributed by atoms with van der Waals surface area (Å²) in [5.41, 5.74) is 1.59. The van der Waals surface area contributed by atoms with Crippen molar-refractivity contribution in [2.75, 3.05) is 33.3 Å². The van der Waals surface area contributed by atoms with E-state index in [0.29, 0.717) is 31.7 Å². The van der Waals surface area contributed by atoms with Crippen molar-refractivity contribution in [3.63, 3.8) is 0 Å². The second-order valence-corrected chi connectivity index (χ2v) is 7.94. The van der Waals surface area contributed by atoms with Gasteiger partial charge in [0, 0.05) is 43.2 Å². The first kappa shape index (κ1) is 19.3. The van der Waals surface area contributed by atoms with Gasteiger partial charge in [-0.25, -0.2) is 0 Å². The maximum absolute atomic E-state index is 12.9. The van der Waals surface area contributed by atoms with Gasteiger partial charge in [-0.15, -0.1) is 0 Å². The molecule has 5 heteroatoms. The quantitative estimate of drug-likeness (QED) is 0.845. The van der Waals surface area contributed by atoms with E-state index in [1.165, 1.54) is 0 Å². The second-order valence-electron chi connectivity index (χ2n) is 7.94. The van der Waals surface area contributed by atoms with Gasteiger partial charge in [-0.1, -0.05) is 34.6 Å². The maximum Gasteiger partial charge on any atom is 0.253 e. The van der Waals surface area contributed by atoms with E-state index in [1.54, 1.807) is 7.11 Å². The summed E-state index contributed by atoms with van der Waals surface area (Å²) in [6.45, 7) is 12.5. The van der Waals surface area contributed by atoms with Crippen LogP contribution in [0.25, 0.3) is 0 Å². The van der Waals surface area contributed by atoms with E-state index >= 15 is 0 Å². The van der Waals surface area contributed by atoms with Gasteiger partial charge in [0.2, 0.25) is 5.91 Å². The Morgan fingerprint density at radius 2 is 1.60 bits per heavy atom. The van der Waals surface area contributed by atoms with Crippen molar-refractivity contribution in [3.8, 4) is 5.75 Å². The van der Waals surface area contributed by atoms with Crippen LogP contribution < -0.4 is 4.74 Å². The highest BCUT2D eigenvalue weighted by atomic mass is 16.5. The van der Waals surface area contributed by atoms with Crippen LogP contribution >= 0.6 is 0 Å². The lowest BCUT2D eigenvalue weighted by Crippen LogP contribution is -2.51. The van der Waals surface area contributed by atoms with Crippen LogP contribution in [0.1, 0.15) is 50.5 Å². The summed E-state index contributed by atoms with van der Waals surface area (Å²) in [6, 6.07) is 5.63. The number of hydrogen-bond acceptors (Lipinski definition) is 3. The van der Waals surface area contributed by atoms with E-state index in [4.69, 9.17) is 4.74 Å². The Bertz CT molecular complexity index is 639. The smallest absolute Gasteiger partial charge is 0.253 e. The third-order valence-electron chi connectivity index (χ3n) is 4.63. The Morgan fingerprint density at radius 3 is 2.08 bits per heavy atom.